The first-order valence-electron chi connectivity index (χ1n) is 4.77. The Hall–Kier alpha value is -2.44. The molecule has 1 aromatic carbocycles. The van der Waals surface area contributed by atoms with Crippen LogP contribution in [0.4, 0.5) is 0 Å². The van der Waals surface area contributed by atoms with Crippen molar-refractivity contribution >= 4 is 11.9 Å². The van der Waals surface area contributed by atoms with Crippen molar-refractivity contribution in [1.82, 2.24) is 0 Å². The van der Waals surface area contributed by atoms with Crippen LogP contribution in [-0.2, 0) is 0 Å². The van der Waals surface area contributed by atoms with Crippen molar-refractivity contribution in [3.63, 3.8) is 0 Å². The summed E-state index contributed by atoms with van der Waals surface area (Å²) in [5.41, 5.74) is -0.726. The van der Waals surface area contributed by atoms with Gasteiger partial charge in [-0.05, 0) is 0 Å². The van der Waals surface area contributed by atoms with Crippen molar-refractivity contribution in [2.45, 2.75) is 0 Å². The third-order valence-corrected chi connectivity index (χ3v) is 2.28. The predicted octanol–water partition coefficient (Wildman–Crippen LogP) is 1.11. The minimum absolute atomic E-state index is 0.0406. The van der Waals surface area contributed by atoms with Gasteiger partial charge in [-0.1, -0.05) is 0 Å². The molecule has 0 heterocycles. The van der Waals surface area contributed by atoms with E-state index in [2.05, 4.69) is 0 Å². The molecule has 0 aliphatic rings. The number of carbonyl (C=O) groups is 2. The third-order valence-electron chi connectivity index (χ3n) is 2.28. The van der Waals surface area contributed by atoms with Crippen LogP contribution in [0.3, 0.4) is 0 Å². The van der Waals surface area contributed by atoms with E-state index in [0.717, 1.165) is 0 Å². The van der Waals surface area contributed by atoms with E-state index >= 15 is 0 Å². The van der Waals surface area contributed by atoms with Crippen molar-refractivity contribution < 1.29 is 34.0 Å². The molecule has 0 aromatic heterocycles. The molecule has 0 radical (unpaired) electrons. The fourth-order valence-corrected chi connectivity index (χ4v) is 1.54. The fourth-order valence-electron chi connectivity index (χ4n) is 1.54. The zero-order valence-corrected chi connectivity index (χ0v) is 10.0. The smallest absolute Gasteiger partial charge is 0.343 e. The molecule has 0 unspecified atom stereocenters. The second-order valence-corrected chi connectivity index (χ2v) is 3.17. The average Bonchev–Trinajstić information content (AvgIpc) is 2.35. The summed E-state index contributed by atoms with van der Waals surface area (Å²) >= 11 is 0. The molecule has 1 aromatic rings. The molecular weight excluding hydrogens is 244 g/mol. The van der Waals surface area contributed by atoms with Crippen molar-refractivity contribution in [3.05, 3.63) is 17.2 Å². The fraction of sp³-hybridized carbons (Fsp3) is 0.273. The Morgan fingerprint density at radius 2 is 1.28 bits per heavy atom. The van der Waals surface area contributed by atoms with Crippen LogP contribution in [0.2, 0.25) is 0 Å². The zero-order valence-electron chi connectivity index (χ0n) is 10.0. The number of carboxylic acids is 2. The van der Waals surface area contributed by atoms with Crippen LogP contribution in [0.25, 0.3) is 0 Å². The highest BCUT2D eigenvalue weighted by molar-refractivity contribution is 6.03. The van der Waals surface area contributed by atoms with E-state index < -0.39 is 11.9 Å². The normalized spacial score (nSPS) is 9.72. The largest absolute Gasteiger partial charge is 0.496 e. The van der Waals surface area contributed by atoms with Gasteiger partial charge in [-0.15, -0.1) is 0 Å². The van der Waals surface area contributed by atoms with Crippen molar-refractivity contribution in [2.75, 3.05) is 21.3 Å². The Balaban J connectivity index is 3.75. The highest BCUT2D eigenvalue weighted by Gasteiger charge is 2.28. The molecule has 0 spiro atoms. The number of carboxylic acid groups (broad SMARTS) is 2. The highest BCUT2D eigenvalue weighted by atomic mass is 16.5. The van der Waals surface area contributed by atoms with Gasteiger partial charge in [-0.2, -0.15) is 0 Å². The molecule has 1 rings (SSSR count). The third kappa shape index (κ3) is 2.15. The van der Waals surface area contributed by atoms with Gasteiger partial charge in [0.1, 0.15) is 22.6 Å². The number of benzene rings is 1. The highest BCUT2D eigenvalue weighted by Crippen LogP contribution is 2.39. The minimum Gasteiger partial charge on any atom is -0.496 e. The quantitative estimate of drug-likeness (QED) is 0.813. The predicted molar refractivity (Wildman–Crippen MR) is 60.0 cm³/mol. The molecule has 0 saturated heterocycles. The summed E-state index contributed by atoms with van der Waals surface area (Å²) in [6.45, 7) is 0. The molecule has 2 N–H and O–H groups in total. The Morgan fingerprint density at radius 1 is 0.889 bits per heavy atom. The van der Waals surface area contributed by atoms with Crippen molar-refractivity contribution in [1.29, 1.82) is 0 Å². The molecule has 0 aliphatic heterocycles. The van der Waals surface area contributed by atoms with Gasteiger partial charge < -0.3 is 24.4 Å². The van der Waals surface area contributed by atoms with Gasteiger partial charge in [0.25, 0.3) is 0 Å². The number of rotatable bonds is 5. The first-order valence-corrected chi connectivity index (χ1v) is 4.77. The lowest BCUT2D eigenvalue weighted by atomic mass is 10.1. The molecule has 0 bridgehead atoms. The Kier molecular flexibility index (Phi) is 3.98. The molecule has 0 fully saturated rings. The maximum Gasteiger partial charge on any atom is 0.343 e. The zero-order chi connectivity index (χ0) is 13.9. The Bertz CT molecular complexity index is 452. The Labute approximate surface area is 103 Å². The van der Waals surface area contributed by atoms with Gasteiger partial charge >= 0.3 is 11.9 Å². The lowest BCUT2D eigenvalue weighted by Gasteiger charge is -2.15. The standard InChI is InChI=1S/C11H12O7/c1-16-5-4-6(17-2)8(11(14)15)9(18-3)7(5)10(12)13/h4H,1-3H3,(H,12,13)(H,14,15). The molecular formula is C11H12O7. The SMILES string of the molecule is COc1cc(OC)c(C(=O)O)c(OC)c1C(=O)O. The first-order chi connectivity index (χ1) is 8.47. The van der Waals surface area contributed by atoms with Crippen LogP contribution in [0.5, 0.6) is 17.2 Å². The average molecular weight is 256 g/mol. The molecule has 0 atom stereocenters. The van der Waals surface area contributed by atoms with E-state index in [0.29, 0.717) is 0 Å². The van der Waals surface area contributed by atoms with Crippen LogP contribution in [0, 0.1) is 0 Å². The van der Waals surface area contributed by atoms with E-state index in [9.17, 15) is 9.59 Å². The summed E-state index contributed by atoms with van der Waals surface area (Å²) in [4.78, 5) is 22.3. The number of ether oxygens (including phenoxy) is 3. The number of aromatic carboxylic acids is 2. The van der Waals surface area contributed by atoms with Gasteiger partial charge in [-0.3, -0.25) is 0 Å². The lowest BCUT2D eigenvalue weighted by Crippen LogP contribution is -2.11. The topological polar surface area (TPSA) is 102 Å². The van der Waals surface area contributed by atoms with Crippen LogP contribution >= 0.6 is 0 Å². The van der Waals surface area contributed by atoms with Crippen LogP contribution in [-0.4, -0.2) is 43.5 Å². The van der Waals surface area contributed by atoms with E-state index in [1.807, 2.05) is 0 Å². The molecule has 7 nitrogen and oxygen atoms in total. The van der Waals surface area contributed by atoms with Gasteiger partial charge in [0.15, 0.2) is 5.75 Å². The molecule has 0 aliphatic carbocycles. The molecule has 98 valence electrons. The number of hydrogen-bond donors (Lipinski definition) is 2. The number of methoxy groups -OCH3 is 3. The van der Waals surface area contributed by atoms with E-state index in [-0.39, 0.29) is 28.4 Å². The summed E-state index contributed by atoms with van der Waals surface area (Å²) in [6, 6.07) is 1.19. The van der Waals surface area contributed by atoms with Gasteiger partial charge in [0.05, 0.1) is 21.3 Å². The summed E-state index contributed by atoms with van der Waals surface area (Å²) < 4.78 is 14.6. The molecule has 18 heavy (non-hydrogen) atoms. The van der Waals surface area contributed by atoms with Crippen LogP contribution in [0.15, 0.2) is 6.07 Å². The summed E-state index contributed by atoms with van der Waals surface area (Å²) in [5, 5.41) is 18.2. The van der Waals surface area contributed by atoms with Gasteiger partial charge in [0, 0.05) is 6.07 Å². The van der Waals surface area contributed by atoms with E-state index in [1.54, 1.807) is 0 Å². The van der Waals surface area contributed by atoms with E-state index in [1.165, 1.54) is 27.4 Å². The maximum atomic E-state index is 11.1. The molecule has 7 heteroatoms. The summed E-state index contributed by atoms with van der Waals surface area (Å²) in [7, 11) is 3.70. The minimum atomic E-state index is -1.35. The van der Waals surface area contributed by atoms with Crippen LogP contribution in [0.1, 0.15) is 20.7 Å². The molecule has 0 amide bonds. The van der Waals surface area contributed by atoms with Gasteiger partial charge in [0.2, 0.25) is 0 Å². The Morgan fingerprint density at radius 3 is 1.50 bits per heavy atom. The van der Waals surface area contributed by atoms with Crippen LogP contribution < -0.4 is 14.2 Å². The van der Waals surface area contributed by atoms with Gasteiger partial charge in [-0.25, -0.2) is 9.59 Å². The summed E-state index contributed by atoms with van der Waals surface area (Å²) in [5.74, 6) is -3.10. The van der Waals surface area contributed by atoms with Crippen molar-refractivity contribution in [2.24, 2.45) is 0 Å². The summed E-state index contributed by atoms with van der Waals surface area (Å²) in [6.07, 6.45) is 0. The number of hydrogen-bond acceptors (Lipinski definition) is 5. The lowest BCUT2D eigenvalue weighted by molar-refractivity contribution is 0.0686. The van der Waals surface area contributed by atoms with E-state index in [4.69, 9.17) is 24.4 Å². The molecule has 0 saturated carbocycles. The monoisotopic (exact) mass is 256 g/mol. The second kappa shape index (κ2) is 5.26. The maximum absolute atomic E-state index is 11.1. The second-order valence-electron chi connectivity index (χ2n) is 3.17. The van der Waals surface area contributed by atoms with Crippen molar-refractivity contribution in [3.8, 4) is 17.2 Å². The first kappa shape index (κ1) is 13.6.